The van der Waals surface area contributed by atoms with Gasteiger partial charge in [-0.15, -0.1) is 0 Å². The minimum atomic E-state index is -4.17. The molecule has 24 heavy (non-hydrogen) atoms. The van der Waals surface area contributed by atoms with Crippen LogP contribution >= 0.6 is 0 Å². The van der Waals surface area contributed by atoms with Gasteiger partial charge in [0.15, 0.2) is 0 Å². The third-order valence-corrected chi connectivity index (χ3v) is 3.95. The summed E-state index contributed by atoms with van der Waals surface area (Å²) < 4.78 is 42.3. The van der Waals surface area contributed by atoms with E-state index in [0.29, 0.717) is 37.3 Å². The van der Waals surface area contributed by atoms with Gasteiger partial charge in [0, 0.05) is 43.6 Å². The number of ether oxygens (including phenoxy) is 1. The largest absolute Gasteiger partial charge is 0.401 e. The number of anilines is 1. The van der Waals surface area contributed by atoms with E-state index in [0.717, 1.165) is 0 Å². The number of nitrogens with one attached hydrogen (secondary N) is 1. The molecule has 1 saturated heterocycles. The molecule has 0 aliphatic carbocycles. The molecule has 1 atom stereocenters. The maximum Gasteiger partial charge on any atom is 0.401 e. The van der Waals surface area contributed by atoms with Gasteiger partial charge in [-0.2, -0.15) is 13.2 Å². The standard InChI is InChI=1S/C15H20F3N3O3/c1-24-9-12-6-13(21(22)23)2-3-14(12)19-7-11-4-5-20(8-11)10-15(16,17)18/h2-3,6,11,19H,4-5,7-10H2,1H3. The average molecular weight is 347 g/mol. The summed E-state index contributed by atoms with van der Waals surface area (Å²) in [7, 11) is 1.49. The van der Waals surface area contributed by atoms with Crippen LogP contribution in [0.1, 0.15) is 12.0 Å². The zero-order chi connectivity index (χ0) is 17.7. The van der Waals surface area contributed by atoms with Crippen molar-refractivity contribution in [3.63, 3.8) is 0 Å². The van der Waals surface area contributed by atoms with E-state index in [1.807, 2.05) is 0 Å². The number of non-ortho nitro benzene ring substituents is 1. The fraction of sp³-hybridized carbons (Fsp3) is 0.600. The van der Waals surface area contributed by atoms with Gasteiger partial charge in [-0.1, -0.05) is 0 Å². The molecule has 1 aromatic rings. The number of nitro benzene ring substituents is 1. The lowest BCUT2D eigenvalue weighted by atomic mass is 10.1. The molecule has 0 bridgehead atoms. The van der Waals surface area contributed by atoms with E-state index < -0.39 is 17.6 Å². The summed E-state index contributed by atoms with van der Waals surface area (Å²) in [6.45, 7) is 0.671. The molecule has 1 fully saturated rings. The van der Waals surface area contributed by atoms with E-state index >= 15 is 0 Å². The second-order valence-electron chi connectivity index (χ2n) is 5.92. The molecule has 9 heteroatoms. The van der Waals surface area contributed by atoms with Crippen LogP contribution in [-0.4, -0.2) is 49.3 Å². The van der Waals surface area contributed by atoms with Crippen molar-refractivity contribution in [1.29, 1.82) is 0 Å². The zero-order valence-corrected chi connectivity index (χ0v) is 13.3. The predicted molar refractivity (Wildman–Crippen MR) is 82.9 cm³/mol. The first kappa shape index (κ1) is 18.5. The number of alkyl halides is 3. The molecule has 0 radical (unpaired) electrons. The summed E-state index contributed by atoms with van der Waals surface area (Å²) in [5, 5.41) is 14.0. The van der Waals surface area contributed by atoms with Crippen LogP contribution < -0.4 is 5.32 Å². The summed E-state index contributed by atoms with van der Waals surface area (Å²) in [4.78, 5) is 11.8. The van der Waals surface area contributed by atoms with Gasteiger partial charge >= 0.3 is 6.18 Å². The summed E-state index contributed by atoms with van der Waals surface area (Å²) in [6, 6.07) is 4.44. The van der Waals surface area contributed by atoms with Crippen molar-refractivity contribution in [2.24, 2.45) is 5.92 Å². The lowest BCUT2D eigenvalue weighted by Crippen LogP contribution is -2.33. The fourth-order valence-corrected chi connectivity index (χ4v) is 2.87. The Balaban J connectivity index is 1.93. The van der Waals surface area contributed by atoms with Crippen LogP contribution in [0.25, 0.3) is 0 Å². The third-order valence-electron chi connectivity index (χ3n) is 3.95. The fourth-order valence-electron chi connectivity index (χ4n) is 2.87. The van der Waals surface area contributed by atoms with Crippen molar-refractivity contribution in [1.82, 2.24) is 4.90 Å². The van der Waals surface area contributed by atoms with Crippen LogP contribution in [0, 0.1) is 16.0 Å². The summed E-state index contributed by atoms with van der Waals surface area (Å²) in [5.41, 5.74) is 1.33. The Morgan fingerprint density at radius 2 is 2.21 bits per heavy atom. The van der Waals surface area contributed by atoms with E-state index in [9.17, 15) is 23.3 Å². The van der Waals surface area contributed by atoms with Gasteiger partial charge < -0.3 is 10.1 Å². The van der Waals surface area contributed by atoms with E-state index in [-0.39, 0.29) is 18.2 Å². The van der Waals surface area contributed by atoms with E-state index in [1.54, 1.807) is 6.07 Å². The van der Waals surface area contributed by atoms with Gasteiger partial charge in [0.1, 0.15) is 0 Å². The number of hydrogen-bond donors (Lipinski definition) is 1. The van der Waals surface area contributed by atoms with Gasteiger partial charge in [-0.3, -0.25) is 15.0 Å². The molecule has 134 valence electrons. The number of likely N-dealkylation sites (tertiary alicyclic amines) is 1. The number of nitro groups is 1. The molecule has 0 amide bonds. The highest BCUT2D eigenvalue weighted by atomic mass is 19.4. The minimum absolute atomic E-state index is 0.0233. The highest BCUT2D eigenvalue weighted by Crippen LogP contribution is 2.26. The molecule has 1 N–H and O–H groups in total. The van der Waals surface area contributed by atoms with E-state index in [2.05, 4.69) is 5.32 Å². The lowest BCUT2D eigenvalue weighted by molar-refractivity contribution is -0.384. The number of nitrogens with zero attached hydrogens (tertiary/aromatic N) is 2. The molecule has 0 aromatic heterocycles. The van der Waals surface area contributed by atoms with Gasteiger partial charge in [0.25, 0.3) is 5.69 Å². The first-order chi connectivity index (χ1) is 11.3. The molecule has 6 nitrogen and oxygen atoms in total. The summed E-state index contributed by atoms with van der Waals surface area (Å²) in [5.74, 6) is 0.109. The zero-order valence-electron chi connectivity index (χ0n) is 13.3. The topological polar surface area (TPSA) is 67.6 Å². The van der Waals surface area contributed by atoms with Crippen LogP contribution in [-0.2, 0) is 11.3 Å². The molecule has 1 unspecified atom stereocenters. The Labute approximate surface area is 137 Å². The SMILES string of the molecule is COCc1cc([N+](=O)[O-])ccc1NCC1CCN(CC(F)(F)F)C1. The van der Waals surface area contributed by atoms with Crippen molar-refractivity contribution in [3.8, 4) is 0 Å². The number of halogens is 3. The molecule has 1 heterocycles. The van der Waals surface area contributed by atoms with Crippen LogP contribution in [0.2, 0.25) is 0 Å². The quantitative estimate of drug-likeness (QED) is 0.607. The van der Waals surface area contributed by atoms with Crippen LogP contribution in [0.4, 0.5) is 24.5 Å². The second kappa shape index (κ2) is 7.80. The van der Waals surface area contributed by atoms with Crippen molar-refractivity contribution in [2.45, 2.75) is 19.2 Å². The number of hydrogen-bond acceptors (Lipinski definition) is 5. The van der Waals surface area contributed by atoms with Crippen LogP contribution in [0.15, 0.2) is 18.2 Å². The molecular formula is C15H20F3N3O3. The molecule has 1 aliphatic rings. The summed E-state index contributed by atoms with van der Waals surface area (Å²) >= 11 is 0. The normalized spacial score (nSPS) is 18.8. The lowest BCUT2D eigenvalue weighted by Gasteiger charge is -2.18. The van der Waals surface area contributed by atoms with Crippen molar-refractivity contribution >= 4 is 11.4 Å². The number of rotatable bonds is 7. The van der Waals surface area contributed by atoms with E-state index in [4.69, 9.17) is 4.74 Å². The third kappa shape index (κ3) is 5.34. The Bertz CT molecular complexity index is 581. The van der Waals surface area contributed by atoms with Gasteiger partial charge in [-0.05, 0) is 24.9 Å². The Morgan fingerprint density at radius 3 is 2.83 bits per heavy atom. The number of benzene rings is 1. The molecular weight excluding hydrogens is 327 g/mol. The Morgan fingerprint density at radius 1 is 1.46 bits per heavy atom. The molecule has 0 saturated carbocycles. The second-order valence-corrected chi connectivity index (χ2v) is 5.92. The van der Waals surface area contributed by atoms with Crippen molar-refractivity contribution in [2.75, 3.05) is 38.6 Å². The molecule has 1 aromatic carbocycles. The average Bonchev–Trinajstić information content (AvgIpc) is 2.91. The van der Waals surface area contributed by atoms with Crippen molar-refractivity contribution in [3.05, 3.63) is 33.9 Å². The Hall–Kier alpha value is -1.87. The maximum atomic E-state index is 12.4. The number of methoxy groups -OCH3 is 1. The maximum absolute atomic E-state index is 12.4. The van der Waals surface area contributed by atoms with Crippen LogP contribution in [0.3, 0.4) is 0 Å². The highest BCUT2D eigenvalue weighted by Gasteiger charge is 2.34. The minimum Gasteiger partial charge on any atom is -0.384 e. The van der Waals surface area contributed by atoms with Gasteiger partial charge in [0.2, 0.25) is 0 Å². The Kier molecular flexibility index (Phi) is 6.00. The van der Waals surface area contributed by atoms with Crippen LogP contribution in [0.5, 0.6) is 0 Å². The molecule has 1 aliphatic heterocycles. The highest BCUT2D eigenvalue weighted by molar-refractivity contribution is 5.55. The smallest absolute Gasteiger partial charge is 0.384 e. The monoisotopic (exact) mass is 347 g/mol. The predicted octanol–water partition coefficient (Wildman–Crippen LogP) is 3.04. The van der Waals surface area contributed by atoms with Crippen molar-refractivity contribution < 1.29 is 22.8 Å². The first-order valence-corrected chi connectivity index (χ1v) is 7.57. The molecule has 2 rings (SSSR count). The van der Waals surface area contributed by atoms with E-state index in [1.165, 1.54) is 24.1 Å². The summed E-state index contributed by atoms with van der Waals surface area (Å²) in [6.07, 6.45) is -3.48. The van der Waals surface area contributed by atoms with Gasteiger partial charge in [0.05, 0.1) is 18.1 Å². The first-order valence-electron chi connectivity index (χ1n) is 7.57. The van der Waals surface area contributed by atoms with Gasteiger partial charge in [-0.25, -0.2) is 0 Å². The molecule has 0 spiro atoms.